The van der Waals surface area contributed by atoms with E-state index >= 15 is 0 Å². The van der Waals surface area contributed by atoms with Gasteiger partial charge in [-0.25, -0.2) is 0 Å². The SMILES string of the molecule is CCCCC/C=C\C/C=C\C/C=C\CCCCCCCCC(=O)OCC(COC(=O)CCCCCCCCCCCCCCCCCCC)OC(=O)CCCCCCCCC/C=C\CCCCCCCCC. The van der Waals surface area contributed by atoms with Gasteiger partial charge in [-0.3, -0.25) is 14.4 Å². The molecule has 0 aliphatic carbocycles. The molecule has 0 bridgehead atoms. The van der Waals surface area contributed by atoms with Crippen LogP contribution in [0.15, 0.2) is 48.6 Å². The fourth-order valence-electron chi connectivity index (χ4n) is 9.27. The van der Waals surface area contributed by atoms with Crippen molar-refractivity contribution in [1.29, 1.82) is 0 Å². The molecule has 0 aromatic rings. The van der Waals surface area contributed by atoms with Gasteiger partial charge in [-0.15, -0.1) is 0 Å². The van der Waals surface area contributed by atoms with Crippen molar-refractivity contribution >= 4 is 17.9 Å². The molecule has 0 N–H and O–H groups in total. The third-order valence-corrected chi connectivity index (χ3v) is 14.1. The molecular weight excluding hydrogens is 889 g/mol. The zero-order chi connectivity index (χ0) is 52.2. The second kappa shape index (κ2) is 60.9. The summed E-state index contributed by atoms with van der Waals surface area (Å²) in [4.78, 5) is 38.3. The third-order valence-electron chi connectivity index (χ3n) is 14.1. The van der Waals surface area contributed by atoms with Crippen molar-refractivity contribution in [3.8, 4) is 0 Å². The minimum absolute atomic E-state index is 0.0755. The number of unbranched alkanes of at least 4 members (excludes halogenated alkanes) is 39. The summed E-state index contributed by atoms with van der Waals surface area (Å²) in [5, 5.41) is 0. The number of hydrogen-bond acceptors (Lipinski definition) is 6. The second-order valence-corrected chi connectivity index (χ2v) is 21.3. The Morgan fingerprint density at radius 2 is 0.500 bits per heavy atom. The lowest BCUT2D eigenvalue weighted by molar-refractivity contribution is -0.167. The molecule has 0 aromatic heterocycles. The summed E-state index contributed by atoms with van der Waals surface area (Å²) in [5.41, 5.74) is 0. The normalized spacial score (nSPS) is 12.3. The van der Waals surface area contributed by atoms with Gasteiger partial charge in [0.25, 0.3) is 0 Å². The molecule has 0 radical (unpaired) electrons. The molecular formula is C66H120O6. The number of rotatable bonds is 58. The number of esters is 3. The van der Waals surface area contributed by atoms with E-state index in [2.05, 4.69) is 69.4 Å². The Balaban J connectivity index is 4.37. The van der Waals surface area contributed by atoms with Crippen LogP contribution in [0.1, 0.15) is 335 Å². The maximum atomic E-state index is 12.9. The van der Waals surface area contributed by atoms with Crippen LogP contribution in [-0.4, -0.2) is 37.2 Å². The van der Waals surface area contributed by atoms with Gasteiger partial charge in [-0.1, -0.05) is 281 Å². The topological polar surface area (TPSA) is 78.9 Å². The van der Waals surface area contributed by atoms with Crippen LogP contribution in [0.3, 0.4) is 0 Å². The maximum Gasteiger partial charge on any atom is 0.306 e. The molecule has 0 saturated carbocycles. The third kappa shape index (κ3) is 58.3. The zero-order valence-electron chi connectivity index (χ0n) is 48.2. The van der Waals surface area contributed by atoms with E-state index in [1.54, 1.807) is 0 Å². The average Bonchev–Trinajstić information content (AvgIpc) is 3.38. The molecule has 0 saturated heterocycles. The Bertz CT molecular complexity index is 1250. The van der Waals surface area contributed by atoms with Crippen molar-refractivity contribution < 1.29 is 28.6 Å². The quantitative estimate of drug-likeness (QED) is 0.0261. The van der Waals surface area contributed by atoms with Gasteiger partial charge in [0.15, 0.2) is 6.10 Å². The standard InChI is InChI=1S/C66H120O6/c1-4-7-10-13-16-19-22-25-28-31-33-36-38-41-44-47-50-53-56-59-65(68)71-62-63(61-70-64(67)58-55-52-49-46-43-40-37-34-30-27-24-21-18-15-12-9-6-3)72-66(69)60-57-54-51-48-45-42-39-35-32-29-26-23-20-17-14-11-8-5-2/h16,19,25,28-29,32-33,36,63H,4-15,17-18,20-24,26-27,30-31,34-35,37-62H2,1-3H3/b19-16-,28-25-,32-29-,36-33-. The second-order valence-electron chi connectivity index (χ2n) is 21.3. The molecule has 0 aliphatic heterocycles. The van der Waals surface area contributed by atoms with Crippen molar-refractivity contribution in [3.05, 3.63) is 48.6 Å². The summed E-state index contributed by atoms with van der Waals surface area (Å²) in [5.74, 6) is -0.872. The monoisotopic (exact) mass is 1010 g/mol. The minimum atomic E-state index is -0.780. The van der Waals surface area contributed by atoms with Gasteiger partial charge in [-0.2, -0.15) is 0 Å². The van der Waals surface area contributed by atoms with Gasteiger partial charge < -0.3 is 14.2 Å². The van der Waals surface area contributed by atoms with Crippen LogP contribution in [0.4, 0.5) is 0 Å². The zero-order valence-corrected chi connectivity index (χ0v) is 48.2. The van der Waals surface area contributed by atoms with Crippen molar-refractivity contribution in [2.45, 2.75) is 341 Å². The number of carbonyl (C=O) groups is 3. The molecule has 0 fully saturated rings. The Hall–Kier alpha value is -2.63. The number of ether oxygens (including phenoxy) is 3. The fraction of sp³-hybridized carbons (Fsp3) is 0.833. The van der Waals surface area contributed by atoms with Crippen LogP contribution < -0.4 is 0 Å². The van der Waals surface area contributed by atoms with E-state index < -0.39 is 6.10 Å². The van der Waals surface area contributed by atoms with E-state index in [4.69, 9.17) is 14.2 Å². The predicted molar refractivity (Wildman–Crippen MR) is 312 cm³/mol. The van der Waals surface area contributed by atoms with Crippen molar-refractivity contribution in [1.82, 2.24) is 0 Å². The van der Waals surface area contributed by atoms with Crippen LogP contribution in [0.5, 0.6) is 0 Å². The molecule has 0 amide bonds. The van der Waals surface area contributed by atoms with Crippen molar-refractivity contribution in [2.24, 2.45) is 0 Å². The van der Waals surface area contributed by atoms with E-state index in [1.165, 1.54) is 218 Å². The molecule has 1 atom stereocenters. The minimum Gasteiger partial charge on any atom is -0.462 e. The van der Waals surface area contributed by atoms with Crippen LogP contribution in [-0.2, 0) is 28.6 Å². The van der Waals surface area contributed by atoms with E-state index in [0.717, 1.165) is 77.0 Å². The Morgan fingerprint density at radius 1 is 0.278 bits per heavy atom. The molecule has 420 valence electrons. The largest absolute Gasteiger partial charge is 0.462 e. The first-order valence-electron chi connectivity index (χ1n) is 31.6. The molecule has 0 aromatic carbocycles. The highest BCUT2D eigenvalue weighted by molar-refractivity contribution is 5.71. The van der Waals surface area contributed by atoms with Crippen molar-refractivity contribution in [3.63, 3.8) is 0 Å². The van der Waals surface area contributed by atoms with Crippen molar-refractivity contribution in [2.75, 3.05) is 13.2 Å². The van der Waals surface area contributed by atoms with Gasteiger partial charge >= 0.3 is 17.9 Å². The highest BCUT2D eigenvalue weighted by atomic mass is 16.6. The molecule has 0 heterocycles. The van der Waals surface area contributed by atoms with Gasteiger partial charge in [0.2, 0.25) is 0 Å². The molecule has 0 spiro atoms. The Kier molecular flexibility index (Phi) is 58.7. The Labute approximate surface area is 448 Å². The van der Waals surface area contributed by atoms with Gasteiger partial charge in [0.1, 0.15) is 13.2 Å². The molecule has 0 aliphatic rings. The number of hydrogen-bond donors (Lipinski definition) is 0. The summed E-state index contributed by atoms with van der Waals surface area (Å²) in [6.45, 7) is 6.65. The van der Waals surface area contributed by atoms with Crippen LogP contribution in [0.2, 0.25) is 0 Å². The number of allylic oxidation sites excluding steroid dienone is 8. The van der Waals surface area contributed by atoms with Crippen LogP contribution in [0, 0.1) is 0 Å². The smallest absolute Gasteiger partial charge is 0.306 e. The summed E-state index contributed by atoms with van der Waals surface area (Å²) in [6.07, 6.45) is 75.3. The van der Waals surface area contributed by atoms with Gasteiger partial charge in [0, 0.05) is 19.3 Å². The lowest BCUT2D eigenvalue weighted by atomic mass is 10.0. The molecule has 6 nitrogen and oxygen atoms in total. The predicted octanol–water partition coefficient (Wildman–Crippen LogP) is 21.4. The summed E-state index contributed by atoms with van der Waals surface area (Å²) >= 11 is 0. The van der Waals surface area contributed by atoms with E-state index in [-0.39, 0.29) is 31.1 Å². The summed E-state index contributed by atoms with van der Waals surface area (Å²) in [7, 11) is 0. The maximum absolute atomic E-state index is 12.9. The Morgan fingerprint density at radius 3 is 0.819 bits per heavy atom. The van der Waals surface area contributed by atoms with Gasteiger partial charge in [0.05, 0.1) is 0 Å². The molecule has 6 heteroatoms. The average molecular weight is 1010 g/mol. The van der Waals surface area contributed by atoms with Crippen LogP contribution >= 0.6 is 0 Å². The fourth-order valence-corrected chi connectivity index (χ4v) is 9.27. The van der Waals surface area contributed by atoms with E-state index in [0.29, 0.717) is 19.3 Å². The van der Waals surface area contributed by atoms with Crippen LogP contribution in [0.25, 0.3) is 0 Å². The lowest BCUT2D eigenvalue weighted by Crippen LogP contribution is -2.30. The summed E-state index contributed by atoms with van der Waals surface area (Å²) in [6, 6.07) is 0. The van der Waals surface area contributed by atoms with E-state index in [1.807, 2.05) is 0 Å². The number of carbonyl (C=O) groups excluding carboxylic acids is 3. The van der Waals surface area contributed by atoms with Gasteiger partial charge in [-0.05, 0) is 83.5 Å². The lowest BCUT2D eigenvalue weighted by Gasteiger charge is -2.18. The molecule has 1 unspecified atom stereocenters. The van der Waals surface area contributed by atoms with E-state index in [9.17, 15) is 14.4 Å². The first-order chi connectivity index (χ1) is 35.5. The molecule has 0 rings (SSSR count). The highest BCUT2D eigenvalue weighted by Gasteiger charge is 2.19. The first-order valence-corrected chi connectivity index (χ1v) is 31.6. The first kappa shape index (κ1) is 69.4. The summed E-state index contributed by atoms with van der Waals surface area (Å²) < 4.78 is 16.9. The molecule has 72 heavy (non-hydrogen) atoms. The highest BCUT2D eigenvalue weighted by Crippen LogP contribution is 2.17.